The number of Topliss-reactive ketones (excluding diaryl/α,β-unsaturated/α-hetero) is 1. The lowest BCUT2D eigenvalue weighted by Gasteiger charge is -2.35. The lowest BCUT2D eigenvalue weighted by molar-refractivity contribution is -0.145. The van der Waals surface area contributed by atoms with Crippen LogP contribution in [0.1, 0.15) is 90.3 Å². The van der Waals surface area contributed by atoms with Gasteiger partial charge in [-0.25, -0.2) is 0 Å². The van der Waals surface area contributed by atoms with Gasteiger partial charge in [-0.15, -0.1) is 0 Å². The van der Waals surface area contributed by atoms with E-state index in [1.807, 2.05) is 64.1 Å². The number of amides is 4. The molecule has 0 bridgehead atoms. The van der Waals surface area contributed by atoms with Gasteiger partial charge in [0.1, 0.15) is 17.7 Å². The number of hydrogen-bond donors (Lipinski definition) is 4. The maximum Gasteiger partial charge on any atom is 0.289 e. The highest BCUT2D eigenvalue weighted by molar-refractivity contribution is 6.38. The van der Waals surface area contributed by atoms with E-state index in [0.717, 1.165) is 36.9 Å². The summed E-state index contributed by atoms with van der Waals surface area (Å²) >= 11 is 6.25. The van der Waals surface area contributed by atoms with Gasteiger partial charge in [-0.1, -0.05) is 63.9 Å². The second-order valence-corrected chi connectivity index (χ2v) is 15.3. The Kier molecular flexibility index (Phi) is 12.2. The molecule has 1 aliphatic carbocycles. The number of nitrogens with zero attached hydrogens (tertiary/aromatic N) is 2. The third-order valence-electron chi connectivity index (χ3n) is 9.42. The number of carbonyl (C=O) groups is 5. The molecule has 4 N–H and O–H groups in total. The number of aromatic nitrogens is 1. The summed E-state index contributed by atoms with van der Waals surface area (Å²) in [6, 6.07) is 9.85. The minimum Gasteiger partial charge on any atom is -0.347 e. The molecule has 13 heteroatoms. The first kappa shape index (κ1) is 38.0. The highest BCUT2D eigenvalue weighted by Gasteiger charge is 2.54. The van der Waals surface area contributed by atoms with Gasteiger partial charge in [0.2, 0.25) is 23.5 Å². The monoisotopic (exact) mass is 720 g/mol. The molecule has 274 valence electrons. The molecule has 5 rings (SSSR count). The predicted molar refractivity (Wildman–Crippen MR) is 193 cm³/mol. The Morgan fingerprint density at radius 2 is 1.86 bits per heavy atom. The van der Waals surface area contributed by atoms with E-state index < -0.39 is 52.6 Å². The molecule has 1 spiro atoms. The number of carbonyl (C=O) groups excluding carboxylic acids is 5. The molecule has 1 saturated carbocycles. The Morgan fingerprint density at radius 1 is 1.08 bits per heavy atom. The van der Waals surface area contributed by atoms with Gasteiger partial charge >= 0.3 is 0 Å². The molecular formula is C38H49ClN6O6. The largest absolute Gasteiger partial charge is 0.347 e. The van der Waals surface area contributed by atoms with Crippen molar-refractivity contribution in [3.8, 4) is 0 Å². The third-order valence-corrected chi connectivity index (χ3v) is 9.66. The van der Waals surface area contributed by atoms with E-state index in [2.05, 4.69) is 26.4 Å². The lowest BCUT2D eigenvalue weighted by atomic mass is 9.85. The molecule has 1 saturated heterocycles. The normalized spacial score (nSPS) is 21.0. The number of unbranched alkanes of at least 4 members (excludes halogenated alkanes) is 1. The van der Waals surface area contributed by atoms with Crippen molar-refractivity contribution in [3.63, 3.8) is 0 Å². The van der Waals surface area contributed by atoms with Gasteiger partial charge in [0.05, 0.1) is 18.3 Å². The lowest BCUT2D eigenvalue weighted by Crippen LogP contribution is -2.59. The van der Waals surface area contributed by atoms with Crippen LogP contribution in [0.15, 0.2) is 54.7 Å². The average molecular weight is 721 g/mol. The van der Waals surface area contributed by atoms with Gasteiger partial charge in [-0.05, 0) is 74.3 Å². The fraction of sp³-hybridized carbons (Fsp3) is 0.526. The fourth-order valence-electron chi connectivity index (χ4n) is 6.47. The van der Waals surface area contributed by atoms with Crippen LogP contribution >= 0.6 is 11.6 Å². The first-order chi connectivity index (χ1) is 24.3. The highest BCUT2D eigenvalue weighted by Crippen LogP contribution is 2.39. The Morgan fingerprint density at radius 3 is 2.53 bits per heavy atom. The number of hydrogen-bond acceptors (Lipinski definition) is 8. The Hall–Kier alpha value is -4.29. The van der Waals surface area contributed by atoms with Gasteiger partial charge in [-0.2, -0.15) is 0 Å². The molecule has 3 heterocycles. The summed E-state index contributed by atoms with van der Waals surface area (Å²) < 4.78 is 0. The van der Waals surface area contributed by atoms with Crippen molar-refractivity contribution in [2.24, 2.45) is 5.41 Å². The molecule has 2 aliphatic heterocycles. The second-order valence-electron chi connectivity index (χ2n) is 14.9. The second kappa shape index (κ2) is 16.4. The van der Waals surface area contributed by atoms with E-state index >= 15 is 0 Å². The van der Waals surface area contributed by atoms with E-state index in [9.17, 15) is 24.0 Å². The van der Waals surface area contributed by atoms with Gasteiger partial charge in [-0.3, -0.25) is 39.3 Å². The van der Waals surface area contributed by atoms with Crippen LogP contribution in [0.25, 0.3) is 5.70 Å². The molecule has 51 heavy (non-hydrogen) atoms. The molecule has 1 aromatic carbocycles. The molecule has 2 fully saturated rings. The summed E-state index contributed by atoms with van der Waals surface area (Å²) in [5, 5.41) is 9.00. The van der Waals surface area contributed by atoms with Gasteiger partial charge in [0, 0.05) is 41.4 Å². The summed E-state index contributed by atoms with van der Waals surface area (Å²) in [7, 11) is 0. The van der Waals surface area contributed by atoms with Gasteiger partial charge in [0.25, 0.3) is 5.91 Å². The van der Waals surface area contributed by atoms with Gasteiger partial charge in [0.15, 0.2) is 0 Å². The Labute approximate surface area is 304 Å². The maximum absolute atomic E-state index is 14.6. The van der Waals surface area contributed by atoms with E-state index in [1.165, 1.54) is 4.90 Å². The number of halogens is 1. The molecule has 1 aromatic heterocycles. The van der Waals surface area contributed by atoms with Crippen molar-refractivity contribution in [2.45, 2.75) is 115 Å². The van der Waals surface area contributed by atoms with E-state index in [-0.39, 0.29) is 37.8 Å². The molecule has 12 nitrogen and oxygen atoms in total. The highest BCUT2D eigenvalue weighted by atomic mass is 35.5. The van der Waals surface area contributed by atoms with Crippen LogP contribution in [0.3, 0.4) is 0 Å². The molecule has 4 amide bonds. The Balaban J connectivity index is 1.35. The number of aryl methyl sites for hydroxylation is 1. The van der Waals surface area contributed by atoms with Crippen molar-refractivity contribution in [2.75, 3.05) is 6.54 Å². The first-order valence-corrected chi connectivity index (χ1v) is 18.2. The molecule has 2 aromatic rings. The third kappa shape index (κ3) is 9.94. The first-order valence-electron chi connectivity index (χ1n) is 17.9. The number of pyridine rings is 1. The minimum absolute atomic E-state index is 0.00205. The number of hydroxylamine groups is 1. The number of ketones is 1. The quantitative estimate of drug-likeness (QED) is 0.159. The molecule has 4 atom stereocenters. The smallest absolute Gasteiger partial charge is 0.289 e. The fourth-order valence-corrected chi connectivity index (χ4v) is 6.67. The van der Waals surface area contributed by atoms with Crippen LogP contribution in [-0.2, 0) is 35.2 Å². The van der Waals surface area contributed by atoms with Crippen LogP contribution in [0.5, 0.6) is 0 Å². The van der Waals surface area contributed by atoms with Crippen molar-refractivity contribution in [1.82, 2.24) is 31.3 Å². The summed E-state index contributed by atoms with van der Waals surface area (Å²) in [6.07, 6.45) is 8.44. The standard InChI is InChI=1S/C38H49ClN6O6/c1-5-11-28(32(47)35(49)41-27-17-18-27)42-34(48)30-22-38(21-29(44-51-38)24-12-10-13-25(39)20-24)23-45(30)36(50)33(37(2,3)4)43-31(46)16-7-6-14-26-15-8-9-19-40-26/h8-10,12-13,15,19-21,27-28,30,33,44H,5-7,11,14,16-18,22-23H2,1-4H3,(H,41,49)(H,42,48)(H,43,46)/t28-,30-,33+,38+/m0/s1. The van der Waals surface area contributed by atoms with Crippen LogP contribution in [0.2, 0.25) is 5.02 Å². The predicted octanol–water partition coefficient (Wildman–Crippen LogP) is 4.03. The maximum atomic E-state index is 14.6. The summed E-state index contributed by atoms with van der Waals surface area (Å²) in [6.45, 7) is 7.44. The molecular weight excluding hydrogens is 672 g/mol. The van der Waals surface area contributed by atoms with Crippen LogP contribution < -0.4 is 21.4 Å². The molecule has 0 unspecified atom stereocenters. The molecule has 0 radical (unpaired) electrons. The van der Waals surface area contributed by atoms with Crippen molar-refractivity contribution in [3.05, 3.63) is 71.0 Å². The average Bonchev–Trinajstić information content (AvgIpc) is 3.69. The number of rotatable bonds is 15. The SMILES string of the molecule is CCC[C@H](NC(=O)[C@@H]1C[C@]2(C=C(c3cccc(Cl)c3)NO2)CN1C(=O)[C@@H](NC(=O)CCCCc1ccccn1)C(C)(C)C)C(=O)C(=O)NC1CC1. The van der Waals surface area contributed by atoms with E-state index in [4.69, 9.17) is 16.4 Å². The van der Waals surface area contributed by atoms with Crippen LogP contribution in [-0.4, -0.2) is 75.6 Å². The van der Waals surface area contributed by atoms with E-state index in [0.29, 0.717) is 23.6 Å². The van der Waals surface area contributed by atoms with Crippen molar-refractivity contribution >= 4 is 46.7 Å². The molecule has 3 aliphatic rings. The zero-order valence-electron chi connectivity index (χ0n) is 29.8. The van der Waals surface area contributed by atoms with Crippen molar-refractivity contribution in [1.29, 1.82) is 0 Å². The van der Waals surface area contributed by atoms with Crippen LogP contribution in [0.4, 0.5) is 0 Å². The summed E-state index contributed by atoms with van der Waals surface area (Å²) in [4.78, 5) is 79.7. The zero-order chi connectivity index (χ0) is 36.8. The number of likely N-dealkylation sites (tertiary alicyclic amines) is 1. The topological polar surface area (TPSA) is 159 Å². The summed E-state index contributed by atoms with van der Waals surface area (Å²) in [5.74, 6) is -2.73. The Bertz CT molecular complexity index is 1640. The summed E-state index contributed by atoms with van der Waals surface area (Å²) in [5.41, 5.74) is 3.50. The zero-order valence-corrected chi connectivity index (χ0v) is 30.6. The number of benzene rings is 1. The van der Waals surface area contributed by atoms with Gasteiger partial charge < -0.3 is 20.9 Å². The minimum atomic E-state index is -1.10. The number of nitrogens with one attached hydrogen (secondary N) is 4. The van der Waals surface area contributed by atoms with Crippen molar-refractivity contribution < 1.29 is 28.8 Å². The van der Waals surface area contributed by atoms with E-state index in [1.54, 1.807) is 18.3 Å². The van der Waals surface area contributed by atoms with Crippen LogP contribution in [0, 0.1) is 5.41 Å².